The molecule has 3 saturated heterocycles. The van der Waals surface area contributed by atoms with Gasteiger partial charge in [-0.3, -0.25) is 9.69 Å². The van der Waals surface area contributed by atoms with Crippen molar-refractivity contribution >= 4 is 38.7 Å². The number of benzene rings is 1. The molecule has 3 aliphatic heterocycles. The molecule has 28 heavy (non-hydrogen) atoms. The summed E-state index contributed by atoms with van der Waals surface area (Å²) < 4.78 is 1.18. The fourth-order valence-corrected chi connectivity index (χ4v) is 7.44. The Morgan fingerprint density at radius 1 is 1.29 bits per heavy atom. The minimum absolute atomic E-state index is 0.106. The first-order valence-corrected chi connectivity index (χ1v) is 11.8. The molecule has 1 amide bonds. The van der Waals surface area contributed by atoms with Crippen LogP contribution in [0.3, 0.4) is 0 Å². The molecule has 1 saturated carbocycles. The van der Waals surface area contributed by atoms with Crippen LogP contribution in [-0.4, -0.2) is 40.5 Å². The van der Waals surface area contributed by atoms with Crippen LogP contribution in [0.4, 0.5) is 0 Å². The molecule has 144 valence electrons. The molecule has 4 nitrogen and oxygen atoms in total. The molecule has 4 fully saturated rings. The van der Waals surface area contributed by atoms with Gasteiger partial charge in [-0.2, -0.15) is 0 Å². The van der Waals surface area contributed by atoms with Crippen LogP contribution < -0.4 is 5.32 Å². The third-order valence-corrected chi connectivity index (χ3v) is 8.99. The van der Waals surface area contributed by atoms with E-state index in [4.69, 9.17) is 0 Å². The summed E-state index contributed by atoms with van der Waals surface area (Å²) in [5, 5.41) is 7.65. The van der Waals surface area contributed by atoms with Crippen molar-refractivity contribution in [2.24, 2.45) is 5.92 Å². The minimum Gasteiger partial charge on any atom is -0.346 e. The predicted octanol–water partition coefficient (Wildman–Crippen LogP) is 4.69. The molecule has 1 N–H and O–H groups in total. The van der Waals surface area contributed by atoms with Crippen molar-refractivity contribution in [2.45, 2.75) is 44.2 Å². The second kappa shape index (κ2) is 6.12. The largest absolute Gasteiger partial charge is 0.346 e. The molecule has 0 radical (unpaired) electrons. The van der Waals surface area contributed by atoms with Crippen molar-refractivity contribution in [3.05, 3.63) is 40.2 Å². The lowest BCUT2D eigenvalue weighted by molar-refractivity contribution is -0.00138. The van der Waals surface area contributed by atoms with Crippen LogP contribution in [0.25, 0.3) is 20.7 Å². The van der Waals surface area contributed by atoms with E-state index < -0.39 is 0 Å². The fraction of sp³-hybridized carbons (Fsp3) is 0.455. The standard InChI is InChI=1S/C22H23N3OS2/c1-13-2-3-15-12-16(28-18(15)17(13)21-23-8-11-27-21)20(26)24-19-14-4-9-25(10-5-14)22(19)6-7-22/h2-3,8,11-12,14,19H,4-7,9-10H2,1H3,(H,24,26)/t19-/m1/s1. The van der Waals surface area contributed by atoms with E-state index in [1.807, 2.05) is 11.6 Å². The molecule has 2 bridgehead atoms. The van der Waals surface area contributed by atoms with E-state index in [1.165, 1.54) is 54.6 Å². The van der Waals surface area contributed by atoms with E-state index in [-0.39, 0.29) is 11.4 Å². The number of nitrogens with zero attached hydrogens (tertiary/aromatic N) is 2. The monoisotopic (exact) mass is 409 g/mol. The number of amides is 1. The van der Waals surface area contributed by atoms with Crippen LogP contribution in [0.15, 0.2) is 29.8 Å². The summed E-state index contributed by atoms with van der Waals surface area (Å²) in [7, 11) is 0. The molecule has 6 heteroatoms. The number of carbonyl (C=O) groups is 1. The van der Waals surface area contributed by atoms with Crippen LogP contribution in [0.5, 0.6) is 0 Å². The van der Waals surface area contributed by atoms with Gasteiger partial charge in [0.1, 0.15) is 5.01 Å². The molecular formula is C22H23N3OS2. The summed E-state index contributed by atoms with van der Waals surface area (Å²) >= 11 is 3.27. The summed E-state index contributed by atoms with van der Waals surface area (Å²) in [5.74, 6) is 0.757. The topological polar surface area (TPSA) is 45.2 Å². The first kappa shape index (κ1) is 17.1. The summed E-state index contributed by atoms with van der Waals surface area (Å²) in [6.07, 6.45) is 6.80. The third-order valence-electron chi connectivity index (χ3n) is 7.03. The second-order valence-corrected chi connectivity index (χ2v) is 10.4. The average Bonchev–Trinajstić information content (AvgIpc) is 3.12. The van der Waals surface area contributed by atoms with Gasteiger partial charge >= 0.3 is 0 Å². The van der Waals surface area contributed by atoms with Crippen molar-refractivity contribution in [2.75, 3.05) is 13.1 Å². The Bertz CT molecular complexity index is 1060. The molecule has 1 spiro atoms. The van der Waals surface area contributed by atoms with Gasteiger partial charge in [-0.15, -0.1) is 22.7 Å². The lowest BCUT2D eigenvalue weighted by atomic mass is 9.77. The Labute approximate surface area is 172 Å². The van der Waals surface area contributed by atoms with E-state index in [0.29, 0.717) is 12.0 Å². The molecule has 0 unspecified atom stereocenters. The highest BCUT2D eigenvalue weighted by molar-refractivity contribution is 7.22. The van der Waals surface area contributed by atoms with Gasteiger partial charge in [0.2, 0.25) is 0 Å². The SMILES string of the molecule is Cc1ccc2cc(C(=O)N[C@@H]3C4CCN(CC4)C34CC4)sc2c1-c1nccs1. The van der Waals surface area contributed by atoms with Gasteiger partial charge in [0.15, 0.2) is 0 Å². The Hall–Kier alpha value is -1.76. The number of piperidine rings is 3. The van der Waals surface area contributed by atoms with Gasteiger partial charge < -0.3 is 5.32 Å². The number of carbonyl (C=O) groups excluding carboxylic acids is 1. The minimum atomic E-state index is 0.106. The number of aromatic nitrogens is 1. The summed E-state index contributed by atoms with van der Waals surface area (Å²) in [4.78, 5) is 21.2. The first-order chi connectivity index (χ1) is 13.7. The summed E-state index contributed by atoms with van der Waals surface area (Å²) in [6.45, 7) is 4.56. The molecular weight excluding hydrogens is 386 g/mol. The van der Waals surface area contributed by atoms with Crippen LogP contribution in [0.2, 0.25) is 0 Å². The number of nitrogens with one attached hydrogen (secondary N) is 1. The van der Waals surface area contributed by atoms with Crippen LogP contribution >= 0.6 is 22.7 Å². The Morgan fingerprint density at radius 3 is 2.82 bits per heavy atom. The van der Waals surface area contributed by atoms with Crippen molar-refractivity contribution < 1.29 is 4.79 Å². The summed E-state index contributed by atoms with van der Waals surface area (Å²) in [6, 6.07) is 6.66. The zero-order chi connectivity index (χ0) is 18.9. The smallest absolute Gasteiger partial charge is 0.261 e. The number of aryl methyl sites for hydroxylation is 1. The molecule has 7 rings (SSSR count). The van der Waals surface area contributed by atoms with Gasteiger partial charge in [0, 0.05) is 27.4 Å². The van der Waals surface area contributed by atoms with Gasteiger partial charge in [-0.1, -0.05) is 12.1 Å². The van der Waals surface area contributed by atoms with Gasteiger partial charge in [0.25, 0.3) is 5.91 Å². The van der Waals surface area contributed by atoms with E-state index in [1.54, 1.807) is 22.7 Å². The van der Waals surface area contributed by atoms with Gasteiger partial charge in [-0.25, -0.2) is 4.98 Å². The van der Waals surface area contributed by atoms with Crippen molar-refractivity contribution in [1.29, 1.82) is 0 Å². The number of thiophene rings is 1. The zero-order valence-corrected chi connectivity index (χ0v) is 17.5. The first-order valence-electron chi connectivity index (χ1n) is 10.1. The maximum Gasteiger partial charge on any atom is 0.261 e. The highest BCUT2D eigenvalue weighted by Gasteiger charge is 2.60. The maximum atomic E-state index is 13.2. The van der Waals surface area contributed by atoms with Gasteiger partial charge in [0.05, 0.1) is 10.9 Å². The highest BCUT2D eigenvalue weighted by Crippen LogP contribution is 2.53. The lowest BCUT2D eigenvalue weighted by Gasteiger charge is -2.52. The number of fused-ring (bicyclic) bond motifs is 3. The van der Waals surface area contributed by atoms with Crippen molar-refractivity contribution in [1.82, 2.24) is 15.2 Å². The second-order valence-electron chi connectivity index (χ2n) is 8.50. The van der Waals surface area contributed by atoms with Crippen LogP contribution in [0.1, 0.15) is 40.9 Å². The number of hydrogen-bond donors (Lipinski definition) is 1. The van der Waals surface area contributed by atoms with Crippen molar-refractivity contribution in [3.63, 3.8) is 0 Å². The average molecular weight is 410 g/mol. The van der Waals surface area contributed by atoms with Crippen molar-refractivity contribution in [3.8, 4) is 10.6 Å². The quantitative estimate of drug-likeness (QED) is 0.683. The predicted molar refractivity (Wildman–Crippen MR) is 115 cm³/mol. The molecule has 1 aromatic carbocycles. The van der Waals surface area contributed by atoms with Gasteiger partial charge in [-0.05, 0) is 68.6 Å². The number of thiazole rings is 1. The highest BCUT2D eigenvalue weighted by atomic mass is 32.1. The van der Waals surface area contributed by atoms with E-state index in [2.05, 4.69) is 40.3 Å². The Kier molecular flexibility index (Phi) is 3.74. The molecule has 1 aliphatic carbocycles. The van der Waals surface area contributed by atoms with E-state index in [9.17, 15) is 4.79 Å². The normalized spacial score (nSPS) is 27.4. The van der Waals surface area contributed by atoms with E-state index in [0.717, 1.165) is 15.3 Å². The number of hydrogen-bond acceptors (Lipinski definition) is 5. The van der Waals surface area contributed by atoms with Crippen LogP contribution in [-0.2, 0) is 0 Å². The Morgan fingerprint density at radius 2 is 2.11 bits per heavy atom. The molecule has 2 aromatic heterocycles. The molecule has 3 aromatic rings. The fourth-order valence-electron chi connectivity index (χ4n) is 5.46. The lowest BCUT2D eigenvalue weighted by Crippen LogP contribution is -2.65. The Balaban J connectivity index is 1.34. The molecule has 4 aliphatic rings. The maximum absolute atomic E-state index is 13.2. The molecule has 5 heterocycles. The molecule has 1 atom stereocenters. The van der Waals surface area contributed by atoms with Crippen LogP contribution in [0, 0.1) is 12.8 Å². The van der Waals surface area contributed by atoms with E-state index >= 15 is 0 Å². The number of rotatable bonds is 3. The summed E-state index contributed by atoms with van der Waals surface area (Å²) in [5.41, 5.74) is 2.67. The zero-order valence-electron chi connectivity index (χ0n) is 15.9. The third kappa shape index (κ3) is 2.44.